The molecule has 1 aromatic rings. The minimum Gasteiger partial charge on any atom is -0.377 e. The maximum atomic E-state index is 12.0. The van der Waals surface area contributed by atoms with Crippen LogP contribution in [-0.4, -0.2) is 57.1 Å². The number of ether oxygens (including phenoxy) is 2. The van der Waals surface area contributed by atoms with Crippen molar-refractivity contribution in [2.45, 2.75) is 47.5 Å². The van der Waals surface area contributed by atoms with Crippen LogP contribution in [0, 0.1) is 11.3 Å². The molecule has 2 N–H and O–H groups in total. The van der Waals surface area contributed by atoms with Crippen molar-refractivity contribution in [1.82, 2.24) is 10.6 Å². The van der Waals surface area contributed by atoms with Crippen molar-refractivity contribution in [3.05, 3.63) is 35.4 Å². The molecular weight excluding hydrogens is 396 g/mol. The summed E-state index contributed by atoms with van der Waals surface area (Å²) in [4.78, 5) is 35.2. The molecule has 1 unspecified atom stereocenters. The summed E-state index contributed by atoms with van der Waals surface area (Å²) < 4.78 is 10.9. The van der Waals surface area contributed by atoms with Crippen LogP contribution in [0.4, 0.5) is 0 Å². The molecule has 0 radical (unpaired) electrons. The van der Waals surface area contributed by atoms with Gasteiger partial charge in [-0.25, -0.2) is 0 Å². The first-order valence-corrected chi connectivity index (χ1v) is 10.9. The topological polar surface area (TPSA) is 93.7 Å². The van der Waals surface area contributed by atoms with Crippen LogP contribution in [0.1, 0.15) is 68.2 Å². The van der Waals surface area contributed by atoms with E-state index in [1.807, 2.05) is 0 Å². The number of Topliss-reactive ketones (excluding diaryl/α,β-unsaturated/α-hetero) is 1. The third-order valence-electron chi connectivity index (χ3n) is 4.52. The van der Waals surface area contributed by atoms with Crippen LogP contribution >= 0.6 is 0 Å². The van der Waals surface area contributed by atoms with Crippen molar-refractivity contribution in [1.29, 1.82) is 0 Å². The SMILES string of the molecule is CC(=O)c1ccc(C(=O)NCCOCCOCCNC(=O)CC(C)CC(C)(C)C)cc1. The van der Waals surface area contributed by atoms with Gasteiger partial charge in [0.2, 0.25) is 5.91 Å². The van der Waals surface area contributed by atoms with E-state index in [9.17, 15) is 14.4 Å². The molecule has 0 aliphatic carbocycles. The van der Waals surface area contributed by atoms with Gasteiger partial charge in [0.25, 0.3) is 5.91 Å². The molecule has 0 heterocycles. The second kappa shape index (κ2) is 13.9. The highest BCUT2D eigenvalue weighted by molar-refractivity contribution is 5.97. The second-order valence-electron chi connectivity index (χ2n) is 9.04. The van der Waals surface area contributed by atoms with Crippen LogP contribution in [0.15, 0.2) is 24.3 Å². The Kier molecular flexibility index (Phi) is 12.0. The summed E-state index contributed by atoms with van der Waals surface area (Å²) in [6.45, 7) is 12.7. The Morgan fingerprint density at radius 2 is 1.39 bits per heavy atom. The first-order chi connectivity index (χ1) is 14.6. The summed E-state index contributed by atoms with van der Waals surface area (Å²) in [6, 6.07) is 6.54. The fourth-order valence-electron chi connectivity index (χ4n) is 3.29. The van der Waals surface area contributed by atoms with E-state index in [0.717, 1.165) is 6.42 Å². The molecule has 0 saturated heterocycles. The summed E-state index contributed by atoms with van der Waals surface area (Å²) >= 11 is 0. The summed E-state index contributed by atoms with van der Waals surface area (Å²) in [7, 11) is 0. The number of carbonyl (C=O) groups is 3. The van der Waals surface area contributed by atoms with Gasteiger partial charge in [0.05, 0.1) is 26.4 Å². The predicted octanol–water partition coefficient (Wildman–Crippen LogP) is 3.23. The number of ketones is 1. The zero-order chi connectivity index (χ0) is 23.3. The van der Waals surface area contributed by atoms with Crippen molar-refractivity contribution in [2.24, 2.45) is 11.3 Å². The molecule has 1 rings (SSSR count). The molecule has 0 aliphatic rings. The number of rotatable bonds is 14. The Bertz CT molecular complexity index is 695. The predicted molar refractivity (Wildman–Crippen MR) is 121 cm³/mol. The number of hydrogen-bond acceptors (Lipinski definition) is 5. The van der Waals surface area contributed by atoms with Gasteiger partial charge in [-0.3, -0.25) is 14.4 Å². The quantitative estimate of drug-likeness (QED) is 0.346. The van der Waals surface area contributed by atoms with Crippen molar-refractivity contribution in [3.63, 3.8) is 0 Å². The van der Waals surface area contributed by atoms with Gasteiger partial charge in [-0.05, 0) is 36.8 Å². The molecule has 7 heteroatoms. The van der Waals surface area contributed by atoms with E-state index in [1.165, 1.54) is 6.92 Å². The minimum absolute atomic E-state index is 0.0318. The van der Waals surface area contributed by atoms with Crippen molar-refractivity contribution >= 4 is 17.6 Å². The van der Waals surface area contributed by atoms with Gasteiger partial charge in [-0.1, -0.05) is 39.8 Å². The number of hydrogen-bond donors (Lipinski definition) is 2. The Morgan fingerprint density at radius 3 is 1.90 bits per heavy atom. The monoisotopic (exact) mass is 434 g/mol. The molecule has 31 heavy (non-hydrogen) atoms. The number of benzene rings is 1. The van der Waals surface area contributed by atoms with E-state index in [0.29, 0.717) is 63.0 Å². The highest BCUT2D eigenvalue weighted by Gasteiger charge is 2.17. The van der Waals surface area contributed by atoms with E-state index in [1.54, 1.807) is 24.3 Å². The lowest BCUT2D eigenvalue weighted by molar-refractivity contribution is -0.122. The van der Waals surface area contributed by atoms with E-state index < -0.39 is 0 Å². The van der Waals surface area contributed by atoms with Gasteiger partial charge in [0.1, 0.15) is 0 Å². The molecule has 0 aliphatic heterocycles. The van der Waals surface area contributed by atoms with Gasteiger partial charge in [-0.15, -0.1) is 0 Å². The van der Waals surface area contributed by atoms with Gasteiger partial charge in [-0.2, -0.15) is 0 Å². The molecule has 0 saturated carbocycles. The normalized spacial score (nSPS) is 12.3. The lowest BCUT2D eigenvalue weighted by Crippen LogP contribution is -2.29. The Labute approximate surface area is 186 Å². The highest BCUT2D eigenvalue weighted by Crippen LogP contribution is 2.25. The van der Waals surface area contributed by atoms with Gasteiger partial charge in [0.15, 0.2) is 5.78 Å². The second-order valence-corrected chi connectivity index (χ2v) is 9.04. The Balaban J connectivity index is 2.00. The van der Waals surface area contributed by atoms with Gasteiger partial charge >= 0.3 is 0 Å². The van der Waals surface area contributed by atoms with Crippen LogP contribution in [0.2, 0.25) is 0 Å². The maximum absolute atomic E-state index is 12.0. The molecule has 0 aromatic heterocycles. The zero-order valence-electron chi connectivity index (χ0n) is 19.6. The van der Waals surface area contributed by atoms with Crippen molar-refractivity contribution < 1.29 is 23.9 Å². The first kappa shape index (κ1) is 26.8. The summed E-state index contributed by atoms with van der Waals surface area (Å²) in [5.41, 5.74) is 1.31. The molecule has 1 atom stereocenters. The molecule has 7 nitrogen and oxygen atoms in total. The van der Waals surface area contributed by atoms with E-state index in [4.69, 9.17) is 9.47 Å². The summed E-state index contributed by atoms with van der Waals surface area (Å²) in [5, 5.41) is 5.64. The van der Waals surface area contributed by atoms with Crippen molar-refractivity contribution in [2.75, 3.05) is 39.5 Å². The average Bonchev–Trinajstić information content (AvgIpc) is 2.67. The summed E-state index contributed by atoms with van der Waals surface area (Å²) in [5.74, 6) is 0.177. The first-order valence-electron chi connectivity index (χ1n) is 10.9. The third-order valence-corrected chi connectivity index (χ3v) is 4.52. The number of amides is 2. The largest absolute Gasteiger partial charge is 0.377 e. The van der Waals surface area contributed by atoms with Crippen LogP contribution in [0.25, 0.3) is 0 Å². The lowest BCUT2D eigenvalue weighted by Gasteiger charge is -2.22. The molecule has 0 spiro atoms. The molecular formula is C24H38N2O5. The standard InChI is InChI=1S/C24H38N2O5/c1-18(17-24(3,4)5)16-22(28)25-10-12-30-14-15-31-13-11-26-23(29)21-8-6-20(7-9-21)19(2)27/h6-9,18H,10-17H2,1-5H3,(H,25,28)(H,26,29). The zero-order valence-corrected chi connectivity index (χ0v) is 19.6. The van der Waals surface area contributed by atoms with Crippen LogP contribution < -0.4 is 10.6 Å². The molecule has 0 bridgehead atoms. The fourth-order valence-corrected chi connectivity index (χ4v) is 3.29. The Hall–Kier alpha value is -2.25. The fraction of sp³-hybridized carbons (Fsp3) is 0.625. The van der Waals surface area contributed by atoms with Crippen molar-refractivity contribution in [3.8, 4) is 0 Å². The van der Waals surface area contributed by atoms with Crippen LogP contribution in [0.3, 0.4) is 0 Å². The summed E-state index contributed by atoms with van der Waals surface area (Å²) in [6.07, 6.45) is 1.55. The van der Waals surface area contributed by atoms with Gasteiger partial charge < -0.3 is 20.1 Å². The molecule has 0 fully saturated rings. The third kappa shape index (κ3) is 12.9. The number of nitrogens with one attached hydrogen (secondary N) is 2. The highest BCUT2D eigenvalue weighted by atomic mass is 16.5. The lowest BCUT2D eigenvalue weighted by atomic mass is 9.84. The average molecular weight is 435 g/mol. The smallest absolute Gasteiger partial charge is 0.251 e. The maximum Gasteiger partial charge on any atom is 0.251 e. The van der Waals surface area contributed by atoms with Crippen LogP contribution in [0.5, 0.6) is 0 Å². The number of carbonyl (C=O) groups excluding carboxylic acids is 3. The minimum atomic E-state index is -0.206. The van der Waals surface area contributed by atoms with E-state index in [-0.39, 0.29) is 23.0 Å². The van der Waals surface area contributed by atoms with Gasteiger partial charge in [0, 0.05) is 30.6 Å². The van der Waals surface area contributed by atoms with E-state index >= 15 is 0 Å². The molecule has 1 aromatic carbocycles. The van der Waals surface area contributed by atoms with E-state index in [2.05, 4.69) is 38.3 Å². The molecule has 2 amide bonds. The van der Waals surface area contributed by atoms with Crippen LogP contribution in [-0.2, 0) is 14.3 Å². The molecule has 174 valence electrons. The Morgan fingerprint density at radius 1 is 0.871 bits per heavy atom.